The van der Waals surface area contributed by atoms with Gasteiger partial charge in [-0.2, -0.15) is 0 Å². The van der Waals surface area contributed by atoms with Crippen LogP contribution in [0.15, 0.2) is 12.1 Å². The number of phenolic OH excluding ortho intramolecular Hbond substituents is 1. The van der Waals surface area contributed by atoms with E-state index < -0.39 is 4.92 Å². The molecule has 0 radical (unpaired) electrons. The second kappa shape index (κ2) is 5.15. The molecule has 1 aromatic rings. The molecule has 0 saturated carbocycles. The van der Waals surface area contributed by atoms with Crippen LogP contribution in [0.25, 0.3) is 0 Å². The summed E-state index contributed by atoms with van der Waals surface area (Å²) in [6.07, 6.45) is 0.902. The number of hydrogen-bond acceptors (Lipinski definition) is 5. The molecule has 1 amide bonds. The van der Waals surface area contributed by atoms with E-state index in [9.17, 15) is 20.0 Å². The number of nitro benzene ring substituents is 1. The first kappa shape index (κ1) is 12.8. The fourth-order valence-corrected chi connectivity index (χ4v) is 1.28. The van der Waals surface area contributed by atoms with E-state index in [4.69, 9.17) is 5.73 Å². The molecule has 0 aliphatic rings. The molecule has 0 bridgehead atoms. The van der Waals surface area contributed by atoms with Crippen LogP contribution >= 0.6 is 0 Å². The topological polar surface area (TPSA) is 118 Å². The molecule has 1 aromatic carbocycles. The van der Waals surface area contributed by atoms with Gasteiger partial charge in [-0.25, -0.2) is 0 Å². The van der Waals surface area contributed by atoms with Crippen LogP contribution in [0, 0.1) is 10.1 Å². The molecule has 0 aromatic heterocycles. The van der Waals surface area contributed by atoms with Gasteiger partial charge in [0.05, 0.1) is 16.3 Å². The highest BCUT2D eigenvalue weighted by Crippen LogP contribution is 2.34. The minimum atomic E-state index is -0.648. The lowest BCUT2D eigenvalue weighted by Crippen LogP contribution is -2.11. The molecule has 7 nitrogen and oxygen atoms in total. The zero-order valence-electron chi connectivity index (χ0n) is 9.27. The van der Waals surface area contributed by atoms with Gasteiger partial charge < -0.3 is 16.2 Å². The van der Waals surface area contributed by atoms with E-state index in [2.05, 4.69) is 5.32 Å². The summed E-state index contributed by atoms with van der Waals surface area (Å²) in [5, 5.41) is 22.5. The summed E-state index contributed by atoms with van der Waals surface area (Å²) < 4.78 is 0. The van der Waals surface area contributed by atoms with Crippen LogP contribution in [0.5, 0.6) is 5.75 Å². The second-order valence-electron chi connectivity index (χ2n) is 3.49. The molecule has 0 spiro atoms. The summed E-state index contributed by atoms with van der Waals surface area (Å²) in [6, 6.07) is 2.10. The van der Waals surface area contributed by atoms with Gasteiger partial charge in [-0.3, -0.25) is 14.9 Å². The molecule has 92 valence electrons. The number of carbonyl (C=O) groups is 1. The molecule has 0 atom stereocenters. The van der Waals surface area contributed by atoms with Crippen LogP contribution in [-0.4, -0.2) is 15.9 Å². The van der Waals surface area contributed by atoms with Gasteiger partial charge in [0.1, 0.15) is 0 Å². The molecule has 1 rings (SSSR count). The summed E-state index contributed by atoms with van der Waals surface area (Å²) in [7, 11) is 0. The minimum absolute atomic E-state index is 0.0462. The number of amides is 1. The van der Waals surface area contributed by atoms with Crippen LogP contribution in [0.2, 0.25) is 0 Å². The third kappa shape index (κ3) is 3.07. The van der Waals surface area contributed by atoms with Crippen LogP contribution in [0.3, 0.4) is 0 Å². The van der Waals surface area contributed by atoms with Crippen LogP contribution in [-0.2, 0) is 4.79 Å². The molecule has 0 aliphatic carbocycles. The molecule has 0 unspecified atom stereocenters. The Bertz CT molecular complexity index is 459. The van der Waals surface area contributed by atoms with Crippen molar-refractivity contribution in [2.24, 2.45) is 0 Å². The number of rotatable bonds is 4. The first-order valence-electron chi connectivity index (χ1n) is 5.02. The van der Waals surface area contributed by atoms with Gasteiger partial charge in [-0.05, 0) is 6.42 Å². The molecule has 17 heavy (non-hydrogen) atoms. The van der Waals surface area contributed by atoms with Crippen LogP contribution in [0.1, 0.15) is 19.8 Å². The standard InChI is InChI=1S/C10H13N3O4/c1-2-3-9(14)12-8-5-6(13(16)17)4-7(11)10(8)15/h4-5,15H,2-3,11H2,1H3,(H,12,14). The largest absolute Gasteiger partial charge is 0.504 e. The van der Waals surface area contributed by atoms with Crippen molar-refractivity contribution in [3.05, 3.63) is 22.2 Å². The Hall–Kier alpha value is -2.31. The molecule has 7 heteroatoms. The fraction of sp³-hybridized carbons (Fsp3) is 0.300. The molecule has 0 saturated heterocycles. The third-order valence-corrected chi connectivity index (χ3v) is 2.09. The van der Waals surface area contributed by atoms with Crippen LogP contribution in [0.4, 0.5) is 17.1 Å². The monoisotopic (exact) mass is 239 g/mol. The molecule has 0 heterocycles. The van der Waals surface area contributed by atoms with Gasteiger partial charge >= 0.3 is 0 Å². The highest BCUT2D eigenvalue weighted by molar-refractivity contribution is 5.94. The first-order chi connectivity index (χ1) is 7.95. The van der Waals surface area contributed by atoms with Gasteiger partial charge in [0.2, 0.25) is 5.91 Å². The lowest BCUT2D eigenvalue weighted by Gasteiger charge is -2.08. The number of phenols is 1. The fourth-order valence-electron chi connectivity index (χ4n) is 1.28. The van der Waals surface area contributed by atoms with Gasteiger partial charge in [0, 0.05) is 18.6 Å². The lowest BCUT2D eigenvalue weighted by atomic mass is 10.2. The van der Waals surface area contributed by atoms with Crippen molar-refractivity contribution in [1.29, 1.82) is 0 Å². The minimum Gasteiger partial charge on any atom is -0.504 e. The molecular formula is C10H13N3O4. The third-order valence-electron chi connectivity index (χ3n) is 2.09. The summed E-state index contributed by atoms with van der Waals surface area (Å²) in [4.78, 5) is 21.3. The van der Waals surface area contributed by atoms with Crippen molar-refractivity contribution in [1.82, 2.24) is 0 Å². The van der Waals surface area contributed by atoms with E-state index in [0.29, 0.717) is 6.42 Å². The van der Waals surface area contributed by atoms with E-state index in [0.717, 1.165) is 12.1 Å². The number of carbonyl (C=O) groups excluding carboxylic acids is 1. The van der Waals surface area contributed by atoms with Gasteiger partial charge in [-0.15, -0.1) is 0 Å². The van der Waals surface area contributed by atoms with Crippen molar-refractivity contribution >= 4 is 23.0 Å². The van der Waals surface area contributed by atoms with Crippen LogP contribution < -0.4 is 11.1 Å². The number of nitrogens with two attached hydrogens (primary N) is 1. The predicted molar refractivity (Wildman–Crippen MR) is 62.7 cm³/mol. The summed E-state index contributed by atoms with van der Waals surface area (Å²) in [5.41, 5.74) is 4.92. The van der Waals surface area contributed by atoms with Crippen molar-refractivity contribution in [2.45, 2.75) is 19.8 Å². The van der Waals surface area contributed by atoms with Crippen molar-refractivity contribution < 1.29 is 14.8 Å². The average molecular weight is 239 g/mol. The first-order valence-corrected chi connectivity index (χ1v) is 5.02. The number of anilines is 2. The molecule has 0 fully saturated rings. The van der Waals surface area contributed by atoms with E-state index in [1.165, 1.54) is 0 Å². The van der Waals surface area contributed by atoms with Crippen molar-refractivity contribution in [2.75, 3.05) is 11.1 Å². The Morgan fingerprint density at radius 2 is 2.24 bits per heavy atom. The SMILES string of the molecule is CCCC(=O)Nc1cc([N+](=O)[O-])cc(N)c1O. The Morgan fingerprint density at radius 1 is 1.59 bits per heavy atom. The van der Waals surface area contributed by atoms with E-state index in [1.807, 2.05) is 6.92 Å². The number of benzene rings is 1. The predicted octanol–water partition coefficient (Wildman–Crippen LogP) is 1.62. The lowest BCUT2D eigenvalue weighted by molar-refractivity contribution is -0.384. The zero-order valence-corrected chi connectivity index (χ0v) is 9.27. The average Bonchev–Trinajstić information content (AvgIpc) is 2.24. The van der Waals surface area contributed by atoms with Gasteiger partial charge in [0.25, 0.3) is 5.69 Å². The van der Waals surface area contributed by atoms with E-state index in [-0.39, 0.29) is 35.1 Å². The number of nitrogens with one attached hydrogen (secondary N) is 1. The molecule has 4 N–H and O–H groups in total. The molecular weight excluding hydrogens is 226 g/mol. The quantitative estimate of drug-likeness (QED) is 0.319. The number of aromatic hydroxyl groups is 1. The number of nitrogen functional groups attached to an aromatic ring is 1. The summed E-state index contributed by atoms with van der Waals surface area (Å²) in [5.74, 6) is -0.692. The van der Waals surface area contributed by atoms with E-state index in [1.54, 1.807) is 0 Å². The normalized spacial score (nSPS) is 9.94. The second-order valence-corrected chi connectivity index (χ2v) is 3.49. The maximum atomic E-state index is 11.3. The number of nitro groups is 1. The maximum absolute atomic E-state index is 11.3. The number of nitrogens with zero attached hydrogens (tertiary/aromatic N) is 1. The van der Waals surface area contributed by atoms with Gasteiger partial charge in [0.15, 0.2) is 5.75 Å². The molecule has 0 aliphatic heterocycles. The zero-order chi connectivity index (χ0) is 13.0. The number of hydrogen-bond donors (Lipinski definition) is 3. The van der Waals surface area contributed by atoms with Gasteiger partial charge in [-0.1, -0.05) is 6.92 Å². The smallest absolute Gasteiger partial charge is 0.273 e. The highest BCUT2D eigenvalue weighted by atomic mass is 16.6. The van der Waals surface area contributed by atoms with Crippen molar-refractivity contribution in [3.8, 4) is 5.75 Å². The Labute approximate surface area is 97.4 Å². The van der Waals surface area contributed by atoms with E-state index >= 15 is 0 Å². The number of non-ortho nitro benzene ring substituents is 1. The highest BCUT2D eigenvalue weighted by Gasteiger charge is 2.15. The Balaban J connectivity index is 3.05. The van der Waals surface area contributed by atoms with Crippen molar-refractivity contribution in [3.63, 3.8) is 0 Å². The summed E-state index contributed by atoms with van der Waals surface area (Å²) >= 11 is 0. The maximum Gasteiger partial charge on any atom is 0.273 e. The Morgan fingerprint density at radius 3 is 2.76 bits per heavy atom. The summed E-state index contributed by atoms with van der Waals surface area (Å²) in [6.45, 7) is 1.82. The Kier molecular flexibility index (Phi) is 3.86.